The molecular formula is C7H10Cl2. The molecule has 0 saturated heterocycles. The number of hydrogen-bond donors (Lipinski definition) is 0. The summed E-state index contributed by atoms with van der Waals surface area (Å²) in [6, 6.07) is 0. The second-order valence-corrected chi connectivity index (χ2v) is 2.77. The third kappa shape index (κ3) is 4.80. The summed E-state index contributed by atoms with van der Waals surface area (Å²) in [5, 5.41) is 0. The molecule has 0 aliphatic rings. The summed E-state index contributed by atoms with van der Waals surface area (Å²) < 4.78 is 0. The maximum Gasteiger partial charge on any atom is 0.175 e. The SMILES string of the molecule is [CH2]CCCC(=C)[C](Cl)Cl. The Balaban J connectivity index is 3.28. The quantitative estimate of drug-likeness (QED) is 0.597. The van der Waals surface area contributed by atoms with Gasteiger partial charge >= 0.3 is 0 Å². The zero-order valence-electron chi connectivity index (χ0n) is 5.29. The molecule has 52 valence electrons. The van der Waals surface area contributed by atoms with Gasteiger partial charge in [-0.15, -0.1) is 0 Å². The first-order valence-corrected chi connectivity index (χ1v) is 3.59. The lowest BCUT2D eigenvalue weighted by atomic mass is 10.1. The smallest absolute Gasteiger partial charge is 0.0968 e. The normalized spacial score (nSPS) is 10.2. The van der Waals surface area contributed by atoms with Crippen LogP contribution >= 0.6 is 23.2 Å². The first-order valence-electron chi connectivity index (χ1n) is 2.84. The topological polar surface area (TPSA) is 0 Å². The molecule has 0 amide bonds. The van der Waals surface area contributed by atoms with Crippen LogP contribution in [0.25, 0.3) is 0 Å². The highest BCUT2D eigenvalue weighted by Crippen LogP contribution is 2.25. The molecule has 2 heteroatoms. The van der Waals surface area contributed by atoms with E-state index in [4.69, 9.17) is 23.2 Å². The van der Waals surface area contributed by atoms with E-state index in [1.807, 2.05) is 0 Å². The van der Waals surface area contributed by atoms with Crippen LogP contribution < -0.4 is 0 Å². The van der Waals surface area contributed by atoms with E-state index in [0.29, 0.717) is 4.84 Å². The van der Waals surface area contributed by atoms with Crippen molar-refractivity contribution in [3.8, 4) is 0 Å². The molecule has 0 unspecified atom stereocenters. The second-order valence-electron chi connectivity index (χ2n) is 1.82. The lowest BCUT2D eigenvalue weighted by Gasteiger charge is -2.01. The first-order chi connectivity index (χ1) is 4.18. The van der Waals surface area contributed by atoms with Gasteiger partial charge in [0.1, 0.15) is 0 Å². The van der Waals surface area contributed by atoms with E-state index in [9.17, 15) is 0 Å². The minimum absolute atomic E-state index is 0.295. The first kappa shape index (κ1) is 9.32. The van der Waals surface area contributed by atoms with Crippen LogP contribution in [-0.2, 0) is 0 Å². The van der Waals surface area contributed by atoms with Crippen LogP contribution in [0.5, 0.6) is 0 Å². The fourth-order valence-corrected chi connectivity index (χ4v) is 0.622. The van der Waals surface area contributed by atoms with Gasteiger partial charge in [0.15, 0.2) is 4.84 Å². The Kier molecular flexibility index (Phi) is 5.31. The van der Waals surface area contributed by atoms with Crippen LogP contribution in [0.4, 0.5) is 0 Å². The summed E-state index contributed by atoms with van der Waals surface area (Å²) in [5.41, 5.74) is 0.807. The highest BCUT2D eigenvalue weighted by molar-refractivity contribution is 6.54. The van der Waals surface area contributed by atoms with E-state index in [1.54, 1.807) is 0 Å². The van der Waals surface area contributed by atoms with E-state index < -0.39 is 0 Å². The third-order valence-electron chi connectivity index (χ3n) is 0.996. The summed E-state index contributed by atoms with van der Waals surface area (Å²) in [6.45, 7) is 7.34. The summed E-state index contributed by atoms with van der Waals surface area (Å²) in [5.74, 6) is 0. The maximum atomic E-state index is 5.43. The number of rotatable bonds is 4. The van der Waals surface area contributed by atoms with E-state index in [0.717, 1.165) is 24.8 Å². The van der Waals surface area contributed by atoms with Gasteiger partial charge in [0.2, 0.25) is 0 Å². The molecule has 0 spiro atoms. The van der Waals surface area contributed by atoms with Gasteiger partial charge in [0, 0.05) is 0 Å². The van der Waals surface area contributed by atoms with Crippen molar-refractivity contribution in [3.05, 3.63) is 23.9 Å². The van der Waals surface area contributed by atoms with Crippen molar-refractivity contribution in [1.29, 1.82) is 0 Å². The molecule has 9 heavy (non-hydrogen) atoms. The average Bonchev–Trinajstić information content (AvgIpc) is 1.82. The van der Waals surface area contributed by atoms with Crippen molar-refractivity contribution in [1.82, 2.24) is 0 Å². The van der Waals surface area contributed by atoms with Crippen LogP contribution in [0, 0.1) is 11.8 Å². The number of unbranched alkanes of at least 4 members (excludes halogenated alkanes) is 1. The molecule has 0 aromatic rings. The zero-order valence-corrected chi connectivity index (χ0v) is 6.80. The Morgan fingerprint density at radius 2 is 1.89 bits per heavy atom. The standard InChI is InChI=1S/C7H10Cl2/c1-3-4-5-6(2)7(8)9/h1-5H2. The van der Waals surface area contributed by atoms with Crippen molar-refractivity contribution in [2.24, 2.45) is 0 Å². The van der Waals surface area contributed by atoms with Crippen LogP contribution in [-0.4, -0.2) is 0 Å². The summed E-state index contributed by atoms with van der Waals surface area (Å²) >= 11 is 10.9. The molecule has 0 rings (SSSR count). The zero-order chi connectivity index (χ0) is 7.28. The van der Waals surface area contributed by atoms with Crippen molar-refractivity contribution >= 4 is 23.2 Å². The Labute approximate surface area is 66.8 Å². The molecule has 0 aliphatic carbocycles. The summed E-state index contributed by atoms with van der Waals surface area (Å²) in [7, 11) is 0. The minimum Gasteiger partial charge on any atom is -0.0968 e. The highest BCUT2D eigenvalue weighted by Gasteiger charge is 2.03. The molecule has 0 bridgehead atoms. The minimum atomic E-state index is 0.295. The molecule has 0 heterocycles. The van der Waals surface area contributed by atoms with Gasteiger partial charge in [-0.25, -0.2) is 0 Å². The Morgan fingerprint density at radius 3 is 2.22 bits per heavy atom. The molecule has 2 radical (unpaired) electrons. The lowest BCUT2D eigenvalue weighted by molar-refractivity contribution is 0.840. The van der Waals surface area contributed by atoms with E-state index in [2.05, 4.69) is 13.5 Å². The van der Waals surface area contributed by atoms with Crippen LogP contribution in [0.3, 0.4) is 0 Å². The summed E-state index contributed by atoms with van der Waals surface area (Å²) in [4.78, 5) is 0.295. The van der Waals surface area contributed by atoms with Crippen LogP contribution in [0.15, 0.2) is 12.2 Å². The van der Waals surface area contributed by atoms with Gasteiger partial charge in [0.25, 0.3) is 0 Å². The predicted molar refractivity (Wildman–Crippen MR) is 43.3 cm³/mol. The Morgan fingerprint density at radius 1 is 1.33 bits per heavy atom. The van der Waals surface area contributed by atoms with Crippen molar-refractivity contribution < 1.29 is 0 Å². The van der Waals surface area contributed by atoms with Crippen molar-refractivity contribution in [2.75, 3.05) is 0 Å². The fourth-order valence-electron chi connectivity index (χ4n) is 0.433. The van der Waals surface area contributed by atoms with Crippen molar-refractivity contribution in [3.63, 3.8) is 0 Å². The third-order valence-corrected chi connectivity index (χ3v) is 1.53. The average molecular weight is 165 g/mol. The van der Waals surface area contributed by atoms with Crippen LogP contribution in [0.2, 0.25) is 0 Å². The molecular weight excluding hydrogens is 155 g/mol. The number of hydrogen-bond acceptors (Lipinski definition) is 0. The molecule has 0 atom stereocenters. The van der Waals surface area contributed by atoms with Gasteiger partial charge in [0.05, 0.1) is 0 Å². The van der Waals surface area contributed by atoms with Gasteiger partial charge < -0.3 is 0 Å². The van der Waals surface area contributed by atoms with Crippen molar-refractivity contribution in [2.45, 2.75) is 19.3 Å². The lowest BCUT2D eigenvalue weighted by Crippen LogP contribution is -1.83. The van der Waals surface area contributed by atoms with Gasteiger partial charge in [-0.2, -0.15) is 0 Å². The van der Waals surface area contributed by atoms with Gasteiger partial charge in [-0.3, -0.25) is 0 Å². The molecule has 0 saturated carbocycles. The van der Waals surface area contributed by atoms with Crippen LogP contribution in [0.1, 0.15) is 19.3 Å². The fraction of sp³-hybridized carbons (Fsp3) is 0.429. The molecule has 0 nitrogen and oxygen atoms in total. The Hall–Kier alpha value is 0.320. The monoisotopic (exact) mass is 164 g/mol. The Bertz CT molecular complexity index is 86.9. The van der Waals surface area contributed by atoms with E-state index >= 15 is 0 Å². The molecule has 0 aliphatic heterocycles. The van der Waals surface area contributed by atoms with Gasteiger partial charge in [-0.05, 0) is 18.4 Å². The molecule has 0 aromatic heterocycles. The molecule has 0 N–H and O–H groups in total. The largest absolute Gasteiger partial charge is 0.175 e. The molecule has 0 fully saturated rings. The maximum absolute atomic E-state index is 5.43. The van der Waals surface area contributed by atoms with Gasteiger partial charge in [-0.1, -0.05) is 43.1 Å². The van der Waals surface area contributed by atoms with E-state index in [1.165, 1.54) is 0 Å². The number of allylic oxidation sites excluding steroid dienone is 1. The highest BCUT2D eigenvalue weighted by atomic mass is 35.5. The predicted octanol–water partition coefficient (Wildman–Crippen LogP) is 3.51. The van der Waals surface area contributed by atoms with E-state index in [-0.39, 0.29) is 0 Å². The number of halogens is 2. The second kappa shape index (κ2) is 5.13. The summed E-state index contributed by atoms with van der Waals surface area (Å²) in [6.07, 6.45) is 2.76. The molecule has 0 aromatic carbocycles.